The quantitative estimate of drug-likeness (QED) is 0.910. The maximum Gasteiger partial charge on any atom is 0.212 e. The number of ether oxygens (including phenoxy) is 1. The van der Waals surface area contributed by atoms with Gasteiger partial charge in [0, 0.05) is 36.0 Å². The molecule has 0 amide bonds. The first-order valence-corrected chi connectivity index (χ1v) is 7.29. The molecule has 0 atom stereocenters. The van der Waals surface area contributed by atoms with Crippen molar-refractivity contribution in [3.63, 3.8) is 0 Å². The van der Waals surface area contributed by atoms with Crippen molar-refractivity contribution >= 4 is 11.3 Å². The Morgan fingerprint density at radius 3 is 2.84 bits per heavy atom. The Bertz CT molecular complexity index is 561. The summed E-state index contributed by atoms with van der Waals surface area (Å²) >= 11 is 1.74. The van der Waals surface area contributed by atoms with Gasteiger partial charge in [0.2, 0.25) is 5.88 Å². The molecule has 4 nitrogen and oxygen atoms in total. The van der Waals surface area contributed by atoms with Crippen molar-refractivity contribution in [1.29, 1.82) is 0 Å². The van der Waals surface area contributed by atoms with E-state index < -0.39 is 0 Å². The molecule has 1 aliphatic carbocycles. The number of aromatic nitrogens is 2. The van der Waals surface area contributed by atoms with E-state index in [1.54, 1.807) is 18.4 Å². The normalized spacial score (nSPS) is 14.6. The van der Waals surface area contributed by atoms with Crippen LogP contribution >= 0.6 is 11.3 Å². The van der Waals surface area contributed by atoms with Crippen molar-refractivity contribution in [3.8, 4) is 5.88 Å². The minimum atomic E-state index is 0.602. The van der Waals surface area contributed by atoms with Crippen molar-refractivity contribution in [3.05, 3.63) is 39.5 Å². The third kappa shape index (κ3) is 2.77. The standard InChI is InChI=1S/C14H17N3OS/c1-18-12-5-2-9(8-16-12)6-13-17-14(10-3-4-10)11(7-15)19-13/h2,5,8,10H,3-4,6-7,15H2,1H3. The van der Waals surface area contributed by atoms with E-state index in [2.05, 4.69) is 4.98 Å². The molecule has 2 aromatic rings. The van der Waals surface area contributed by atoms with Crippen LogP contribution < -0.4 is 10.5 Å². The van der Waals surface area contributed by atoms with Crippen LogP contribution in [-0.4, -0.2) is 17.1 Å². The van der Waals surface area contributed by atoms with Crippen LogP contribution in [0.15, 0.2) is 18.3 Å². The molecular weight excluding hydrogens is 258 g/mol. The molecule has 1 aliphatic rings. The number of nitrogens with two attached hydrogens (primary N) is 1. The minimum absolute atomic E-state index is 0.602. The number of rotatable bonds is 5. The maximum absolute atomic E-state index is 5.80. The van der Waals surface area contributed by atoms with Gasteiger partial charge < -0.3 is 10.5 Å². The minimum Gasteiger partial charge on any atom is -0.481 e. The highest BCUT2D eigenvalue weighted by Crippen LogP contribution is 2.42. The Morgan fingerprint density at radius 1 is 1.42 bits per heavy atom. The van der Waals surface area contributed by atoms with E-state index in [-0.39, 0.29) is 0 Å². The van der Waals surface area contributed by atoms with Crippen LogP contribution in [0.4, 0.5) is 0 Å². The molecule has 0 unspecified atom stereocenters. The van der Waals surface area contributed by atoms with Crippen molar-refractivity contribution in [2.24, 2.45) is 5.73 Å². The summed E-state index contributed by atoms with van der Waals surface area (Å²) in [6, 6.07) is 3.92. The van der Waals surface area contributed by atoms with Crippen LogP contribution in [0.25, 0.3) is 0 Å². The molecule has 1 fully saturated rings. The van der Waals surface area contributed by atoms with E-state index in [1.165, 1.54) is 23.4 Å². The molecule has 3 rings (SSSR count). The monoisotopic (exact) mass is 275 g/mol. The first-order chi connectivity index (χ1) is 9.30. The highest BCUT2D eigenvalue weighted by Gasteiger charge is 2.29. The summed E-state index contributed by atoms with van der Waals surface area (Å²) < 4.78 is 5.06. The van der Waals surface area contributed by atoms with Gasteiger partial charge in [0.15, 0.2) is 0 Å². The molecule has 0 aromatic carbocycles. The number of hydrogen-bond acceptors (Lipinski definition) is 5. The lowest BCUT2D eigenvalue weighted by molar-refractivity contribution is 0.397. The van der Waals surface area contributed by atoms with Gasteiger partial charge in [0.05, 0.1) is 17.8 Å². The molecule has 0 aliphatic heterocycles. The molecule has 0 spiro atoms. The first-order valence-electron chi connectivity index (χ1n) is 6.47. The third-order valence-corrected chi connectivity index (χ3v) is 4.38. The van der Waals surface area contributed by atoms with Crippen molar-refractivity contribution in [2.45, 2.75) is 31.7 Å². The summed E-state index contributed by atoms with van der Waals surface area (Å²) in [5, 5.41) is 1.13. The molecule has 0 saturated heterocycles. The molecule has 5 heteroatoms. The van der Waals surface area contributed by atoms with Crippen molar-refractivity contribution in [2.75, 3.05) is 7.11 Å². The smallest absolute Gasteiger partial charge is 0.212 e. The fourth-order valence-electron chi connectivity index (χ4n) is 2.12. The van der Waals surface area contributed by atoms with Gasteiger partial charge in [-0.05, 0) is 18.4 Å². The highest BCUT2D eigenvalue weighted by atomic mass is 32.1. The lowest BCUT2D eigenvalue weighted by atomic mass is 10.2. The zero-order valence-corrected chi connectivity index (χ0v) is 11.7. The van der Waals surface area contributed by atoms with Crippen molar-refractivity contribution in [1.82, 2.24) is 9.97 Å². The number of nitrogens with zero attached hydrogens (tertiary/aromatic N) is 2. The molecule has 1 saturated carbocycles. The maximum atomic E-state index is 5.80. The Balaban J connectivity index is 1.78. The summed E-state index contributed by atoms with van der Waals surface area (Å²) in [6.45, 7) is 0.602. The third-order valence-electron chi connectivity index (χ3n) is 3.28. The van der Waals surface area contributed by atoms with Crippen LogP contribution in [0, 0.1) is 0 Å². The Hall–Kier alpha value is -1.46. The average Bonchev–Trinajstić information content (AvgIpc) is 3.21. The number of hydrogen-bond donors (Lipinski definition) is 1. The van der Waals surface area contributed by atoms with Crippen LogP contribution in [0.5, 0.6) is 5.88 Å². The van der Waals surface area contributed by atoms with Gasteiger partial charge in [-0.25, -0.2) is 9.97 Å². The van der Waals surface area contributed by atoms with Gasteiger partial charge in [-0.1, -0.05) is 6.07 Å². The molecule has 100 valence electrons. The first kappa shape index (κ1) is 12.6. The topological polar surface area (TPSA) is 61.0 Å². The predicted octanol–water partition coefficient (Wildman–Crippen LogP) is 2.47. The van der Waals surface area contributed by atoms with Crippen LogP contribution in [0.1, 0.15) is 39.9 Å². The van der Waals surface area contributed by atoms with Gasteiger partial charge in [0.25, 0.3) is 0 Å². The Labute approximate surface area is 116 Å². The van der Waals surface area contributed by atoms with Gasteiger partial charge >= 0.3 is 0 Å². The molecule has 2 heterocycles. The fraction of sp³-hybridized carbons (Fsp3) is 0.429. The van der Waals surface area contributed by atoms with Gasteiger partial charge in [-0.3, -0.25) is 0 Å². The zero-order chi connectivity index (χ0) is 13.2. The second-order valence-corrected chi connectivity index (χ2v) is 5.95. The number of pyridine rings is 1. The summed E-state index contributed by atoms with van der Waals surface area (Å²) in [5.41, 5.74) is 8.20. The molecule has 2 N–H and O–H groups in total. The Morgan fingerprint density at radius 2 is 2.26 bits per heavy atom. The SMILES string of the molecule is COc1ccc(Cc2nc(C3CC3)c(CN)s2)cn1. The lowest BCUT2D eigenvalue weighted by Gasteiger charge is -2.00. The van der Waals surface area contributed by atoms with E-state index in [1.807, 2.05) is 18.3 Å². The summed E-state index contributed by atoms with van der Waals surface area (Å²) in [7, 11) is 1.62. The molecule has 2 aromatic heterocycles. The van der Waals surface area contributed by atoms with E-state index >= 15 is 0 Å². The number of thiazole rings is 1. The lowest BCUT2D eigenvalue weighted by Crippen LogP contribution is -1.97. The Kier molecular flexibility index (Phi) is 3.48. The second-order valence-electron chi connectivity index (χ2n) is 4.78. The summed E-state index contributed by atoms with van der Waals surface area (Å²) in [4.78, 5) is 10.2. The van der Waals surface area contributed by atoms with Crippen LogP contribution in [0.2, 0.25) is 0 Å². The number of methoxy groups -OCH3 is 1. The van der Waals surface area contributed by atoms with E-state index in [9.17, 15) is 0 Å². The zero-order valence-electron chi connectivity index (χ0n) is 10.9. The fourth-order valence-corrected chi connectivity index (χ4v) is 3.19. The van der Waals surface area contributed by atoms with E-state index in [4.69, 9.17) is 15.5 Å². The van der Waals surface area contributed by atoms with Crippen molar-refractivity contribution < 1.29 is 4.74 Å². The molecule has 19 heavy (non-hydrogen) atoms. The van der Waals surface area contributed by atoms with Crippen LogP contribution in [0.3, 0.4) is 0 Å². The second kappa shape index (κ2) is 5.27. The van der Waals surface area contributed by atoms with E-state index in [0.29, 0.717) is 18.3 Å². The van der Waals surface area contributed by atoms with Gasteiger partial charge in [0.1, 0.15) is 0 Å². The highest BCUT2D eigenvalue weighted by molar-refractivity contribution is 7.11. The van der Waals surface area contributed by atoms with Crippen LogP contribution in [-0.2, 0) is 13.0 Å². The predicted molar refractivity (Wildman–Crippen MR) is 75.6 cm³/mol. The van der Waals surface area contributed by atoms with Gasteiger partial charge in [-0.15, -0.1) is 11.3 Å². The summed E-state index contributed by atoms with van der Waals surface area (Å²) in [6.07, 6.45) is 5.20. The van der Waals surface area contributed by atoms with Gasteiger partial charge in [-0.2, -0.15) is 0 Å². The largest absolute Gasteiger partial charge is 0.481 e. The molecule has 0 bridgehead atoms. The summed E-state index contributed by atoms with van der Waals surface area (Å²) in [5.74, 6) is 1.31. The molecule has 0 radical (unpaired) electrons. The van der Waals surface area contributed by atoms with E-state index in [0.717, 1.165) is 17.0 Å². The average molecular weight is 275 g/mol. The molecular formula is C14H17N3OS.